The topological polar surface area (TPSA) is 43.1 Å². The molecule has 0 saturated carbocycles. The van der Waals surface area contributed by atoms with E-state index < -0.39 is 0 Å². The predicted octanol–water partition coefficient (Wildman–Crippen LogP) is 1.93. The number of hydrogen-bond donors (Lipinski definition) is 1. The molecule has 0 bridgehead atoms. The molecular formula is C8H19NO. The maximum Gasteiger partial charge on any atom is 0.217 e. The van der Waals surface area contributed by atoms with E-state index in [1.807, 2.05) is 13.8 Å². The summed E-state index contributed by atoms with van der Waals surface area (Å²) in [7, 11) is 0. The summed E-state index contributed by atoms with van der Waals surface area (Å²) < 4.78 is 0. The molecule has 0 aliphatic heterocycles. The molecule has 0 aromatic rings. The van der Waals surface area contributed by atoms with Crippen LogP contribution in [0, 0.1) is 5.92 Å². The van der Waals surface area contributed by atoms with Gasteiger partial charge in [-0.3, -0.25) is 4.79 Å². The molecule has 2 heteroatoms. The van der Waals surface area contributed by atoms with Crippen molar-refractivity contribution in [3.05, 3.63) is 0 Å². The quantitative estimate of drug-likeness (QED) is 0.648. The fourth-order valence-corrected chi connectivity index (χ4v) is 0.431. The Hall–Kier alpha value is -0.530. The van der Waals surface area contributed by atoms with E-state index in [1.165, 1.54) is 0 Å². The summed E-state index contributed by atoms with van der Waals surface area (Å²) in [5, 5.41) is 0. The zero-order valence-corrected chi connectivity index (χ0v) is 7.48. The van der Waals surface area contributed by atoms with E-state index in [0.717, 1.165) is 6.42 Å². The average molecular weight is 145 g/mol. The van der Waals surface area contributed by atoms with Crippen LogP contribution in [0.2, 0.25) is 0 Å². The predicted molar refractivity (Wildman–Crippen MR) is 44.6 cm³/mol. The maximum atomic E-state index is 10.1. The smallest absolute Gasteiger partial charge is 0.217 e. The molecule has 1 amide bonds. The first kappa shape index (κ1) is 12.2. The fraction of sp³-hybridized carbons (Fsp3) is 0.875. The van der Waals surface area contributed by atoms with Crippen molar-refractivity contribution in [2.24, 2.45) is 11.7 Å². The highest BCUT2D eigenvalue weighted by molar-refractivity contribution is 5.73. The lowest BCUT2D eigenvalue weighted by Crippen LogP contribution is -2.10. The third kappa shape index (κ3) is 15.6. The van der Waals surface area contributed by atoms with Gasteiger partial charge in [-0.25, -0.2) is 0 Å². The summed E-state index contributed by atoms with van der Waals surface area (Å²) in [6.07, 6.45) is 1.44. The average Bonchev–Trinajstić information content (AvgIpc) is 1.89. The van der Waals surface area contributed by atoms with Crippen LogP contribution in [0.15, 0.2) is 0 Å². The molecule has 0 aromatic carbocycles. The molecule has 0 spiro atoms. The molecular weight excluding hydrogens is 126 g/mol. The minimum absolute atomic E-state index is 0.196. The van der Waals surface area contributed by atoms with Crippen molar-refractivity contribution in [3.8, 4) is 0 Å². The Labute approximate surface area is 63.8 Å². The molecule has 0 atom stereocenters. The molecule has 2 N–H and O–H groups in total. The molecule has 2 nitrogen and oxygen atoms in total. The molecule has 10 heavy (non-hydrogen) atoms. The molecule has 0 rings (SSSR count). The first-order valence-corrected chi connectivity index (χ1v) is 3.91. The number of amides is 1. The number of primary amides is 1. The Balaban J connectivity index is 0. The highest BCUT2D eigenvalue weighted by Crippen LogP contribution is 2.01. The maximum absolute atomic E-state index is 10.1. The third-order valence-corrected chi connectivity index (χ3v) is 0.968. The molecule has 0 saturated heterocycles. The summed E-state index contributed by atoms with van der Waals surface area (Å²) in [4.78, 5) is 10.1. The first-order valence-electron chi connectivity index (χ1n) is 3.91. The molecule has 0 aromatic heterocycles. The summed E-state index contributed by atoms with van der Waals surface area (Å²) in [5.74, 6) is 0.390. The normalized spacial score (nSPS) is 8.50. The molecule has 0 unspecified atom stereocenters. The van der Waals surface area contributed by atoms with Crippen LogP contribution in [-0.4, -0.2) is 5.91 Å². The van der Waals surface area contributed by atoms with E-state index >= 15 is 0 Å². The van der Waals surface area contributed by atoms with Crippen LogP contribution in [0.25, 0.3) is 0 Å². The number of rotatable bonds is 3. The Morgan fingerprint density at radius 1 is 1.40 bits per heavy atom. The van der Waals surface area contributed by atoms with Crippen LogP contribution < -0.4 is 5.73 Å². The third-order valence-electron chi connectivity index (χ3n) is 0.968. The van der Waals surface area contributed by atoms with Gasteiger partial charge in [-0.05, 0) is 12.3 Å². The summed E-state index contributed by atoms with van der Waals surface area (Å²) in [5.41, 5.74) is 4.90. The van der Waals surface area contributed by atoms with Crippen molar-refractivity contribution in [2.75, 3.05) is 0 Å². The Kier molecular flexibility index (Phi) is 10.3. The van der Waals surface area contributed by atoms with Crippen LogP contribution in [0.1, 0.15) is 40.5 Å². The molecule has 0 heterocycles. The number of hydrogen-bond acceptors (Lipinski definition) is 1. The van der Waals surface area contributed by atoms with Crippen molar-refractivity contribution in [2.45, 2.75) is 40.5 Å². The van der Waals surface area contributed by atoms with Gasteiger partial charge >= 0.3 is 0 Å². The second-order valence-electron chi connectivity index (χ2n) is 2.40. The van der Waals surface area contributed by atoms with Gasteiger partial charge in [-0.15, -0.1) is 0 Å². The van der Waals surface area contributed by atoms with E-state index in [9.17, 15) is 4.79 Å². The van der Waals surface area contributed by atoms with Gasteiger partial charge in [0.2, 0.25) is 5.91 Å². The fourth-order valence-electron chi connectivity index (χ4n) is 0.431. The largest absolute Gasteiger partial charge is 0.370 e. The van der Waals surface area contributed by atoms with Crippen molar-refractivity contribution in [3.63, 3.8) is 0 Å². The molecule has 0 aliphatic rings. The van der Waals surface area contributed by atoms with Crippen molar-refractivity contribution in [1.82, 2.24) is 0 Å². The molecule has 0 fully saturated rings. The SMILES string of the molecule is CC.CC(C)CCC(N)=O. The Bertz CT molecular complexity index is 79.3. The molecule has 0 aliphatic carbocycles. The van der Waals surface area contributed by atoms with Crippen LogP contribution in [-0.2, 0) is 4.79 Å². The van der Waals surface area contributed by atoms with Gasteiger partial charge < -0.3 is 5.73 Å². The van der Waals surface area contributed by atoms with Gasteiger partial charge in [-0.1, -0.05) is 27.7 Å². The first-order chi connectivity index (χ1) is 4.63. The van der Waals surface area contributed by atoms with Gasteiger partial charge in [0, 0.05) is 6.42 Å². The lowest BCUT2D eigenvalue weighted by Gasteiger charge is -1.98. The second-order valence-corrected chi connectivity index (χ2v) is 2.40. The van der Waals surface area contributed by atoms with Crippen LogP contribution in [0.3, 0.4) is 0 Å². The Morgan fingerprint density at radius 2 is 1.80 bits per heavy atom. The van der Waals surface area contributed by atoms with Crippen LogP contribution in [0.5, 0.6) is 0 Å². The lowest BCUT2D eigenvalue weighted by molar-refractivity contribution is -0.118. The summed E-state index contributed by atoms with van der Waals surface area (Å²) in [6, 6.07) is 0. The standard InChI is InChI=1S/C6H13NO.C2H6/c1-5(2)3-4-6(7)8;1-2/h5H,3-4H2,1-2H3,(H2,7,8);1-2H3. The van der Waals surface area contributed by atoms with E-state index in [-0.39, 0.29) is 5.91 Å². The molecule has 0 radical (unpaired) electrons. The van der Waals surface area contributed by atoms with Crippen LogP contribution >= 0.6 is 0 Å². The molecule has 62 valence electrons. The van der Waals surface area contributed by atoms with E-state index in [1.54, 1.807) is 0 Å². The Morgan fingerprint density at radius 3 is 1.90 bits per heavy atom. The highest BCUT2D eigenvalue weighted by Gasteiger charge is 1.96. The minimum Gasteiger partial charge on any atom is -0.370 e. The zero-order chi connectivity index (χ0) is 8.57. The number of carbonyl (C=O) groups excluding carboxylic acids is 1. The minimum atomic E-state index is -0.196. The number of carbonyl (C=O) groups is 1. The zero-order valence-electron chi connectivity index (χ0n) is 7.48. The van der Waals surface area contributed by atoms with Gasteiger partial charge in [0.1, 0.15) is 0 Å². The van der Waals surface area contributed by atoms with Crippen molar-refractivity contribution < 1.29 is 4.79 Å². The van der Waals surface area contributed by atoms with Gasteiger partial charge in [0.25, 0.3) is 0 Å². The van der Waals surface area contributed by atoms with Crippen molar-refractivity contribution in [1.29, 1.82) is 0 Å². The van der Waals surface area contributed by atoms with E-state index in [4.69, 9.17) is 5.73 Å². The summed E-state index contributed by atoms with van der Waals surface area (Å²) >= 11 is 0. The number of nitrogens with two attached hydrogens (primary N) is 1. The lowest BCUT2D eigenvalue weighted by atomic mass is 10.1. The van der Waals surface area contributed by atoms with Crippen molar-refractivity contribution >= 4 is 5.91 Å². The van der Waals surface area contributed by atoms with Gasteiger partial charge in [-0.2, -0.15) is 0 Å². The van der Waals surface area contributed by atoms with E-state index in [0.29, 0.717) is 12.3 Å². The second kappa shape index (κ2) is 8.47. The van der Waals surface area contributed by atoms with E-state index in [2.05, 4.69) is 13.8 Å². The highest BCUT2D eigenvalue weighted by atomic mass is 16.1. The van der Waals surface area contributed by atoms with Crippen LogP contribution in [0.4, 0.5) is 0 Å². The monoisotopic (exact) mass is 145 g/mol. The summed E-state index contributed by atoms with van der Waals surface area (Å²) in [6.45, 7) is 8.14. The van der Waals surface area contributed by atoms with Gasteiger partial charge in [0.15, 0.2) is 0 Å². The van der Waals surface area contributed by atoms with Gasteiger partial charge in [0.05, 0.1) is 0 Å².